The third kappa shape index (κ3) is 4.19. The van der Waals surface area contributed by atoms with Crippen molar-refractivity contribution in [1.82, 2.24) is 14.9 Å². The van der Waals surface area contributed by atoms with Crippen LogP contribution in [0.5, 0.6) is 0 Å². The summed E-state index contributed by atoms with van der Waals surface area (Å²) >= 11 is 0. The number of aromatic nitrogens is 2. The van der Waals surface area contributed by atoms with Crippen molar-refractivity contribution in [3.63, 3.8) is 0 Å². The molecule has 142 valence electrons. The minimum Gasteiger partial charge on any atom is -0.347 e. The molecule has 2 fully saturated rings. The van der Waals surface area contributed by atoms with Crippen molar-refractivity contribution in [3.05, 3.63) is 54.0 Å². The number of anilines is 1. The molecule has 0 saturated carbocycles. The molecule has 4 heterocycles. The van der Waals surface area contributed by atoms with Gasteiger partial charge in [-0.1, -0.05) is 12.1 Å². The van der Waals surface area contributed by atoms with Crippen LogP contribution in [0.2, 0.25) is 0 Å². The lowest BCUT2D eigenvalue weighted by Gasteiger charge is -2.34. The van der Waals surface area contributed by atoms with Crippen LogP contribution < -0.4 is 4.90 Å². The van der Waals surface area contributed by atoms with Crippen molar-refractivity contribution in [1.29, 1.82) is 0 Å². The highest BCUT2D eigenvalue weighted by atomic mass is 16.1. The Hall–Kier alpha value is -2.27. The van der Waals surface area contributed by atoms with Gasteiger partial charge in [-0.15, -0.1) is 0 Å². The Balaban J connectivity index is 1.40. The topological polar surface area (TPSA) is 49.3 Å². The van der Waals surface area contributed by atoms with Crippen LogP contribution in [0.4, 0.5) is 5.82 Å². The quantitative estimate of drug-likeness (QED) is 0.738. The van der Waals surface area contributed by atoms with E-state index in [2.05, 4.69) is 38.0 Å². The molecule has 2 atom stereocenters. The lowest BCUT2D eigenvalue weighted by molar-refractivity contribution is -0.109. The summed E-state index contributed by atoms with van der Waals surface area (Å²) in [6.07, 6.45) is 10.2. The Bertz CT molecular complexity index is 751. The van der Waals surface area contributed by atoms with E-state index in [-0.39, 0.29) is 6.04 Å². The van der Waals surface area contributed by atoms with Crippen LogP contribution in [0.15, 0.2) is 42.7 Å². The van der Waals surface area contributed by atoms with Crippen molar-refractivity contribution >= 4 is 12.1 Å². The van der Waals surface area contributed by atoms with Crippen LogP contribution >= 0.6 is 0 Å². The van der Waals surface area contributed by atoms with E-state index in [4.69, 9.17) is 0 Å². The van der Waals surface area contributed by atoms with Gasteiger partial charge in [0.05, 0.1) is 6.04 Å². The van der Waals surface area contributed by atoms with Crippen LogP contribution in [0.3, 0.4) is 0 Å². The number of aldehydes is 1. The van der Waals surface area contributed by atoms with E-state index in [9.17, 15) is 4.79 Å². The summed E-state index contributed by atoms with van der Waals surface area (Å²) < 4.78 is 0. The molecular weight excluding hydrogens is 336 g/mol. The second-order valence-electron chi connectivity index (χ2n) is 7.67. The molecule has 2 aromatic heterocycles. The molecule has 5 heteroatoms. The molecule has 2 unspecified atom stereocenters. The lowest BCUT2D eigenvalue weighted by atomic mass is 10.0. The monoisotopic (exact) mass is 364 g/mol. The Morgan fingerprint density at radius 3 is 2.81 bits per heavy atom. The molecule has 0 spiro atoms. The zero-order chi connectivity index (χ0) is 18.5. The average molecular weight is 364 g/mol. The summed E-state index contributed by atoms with van der Waals surface area (Å²) in [7, 11) is 0. The maximum atomic E-state index is 11.5. The SMILES string of the molecule is O=CC1CCCCN1c1ncccc1CCN1CCC(c2ccccn2)C1. The van der Waals surface area contributed by atoms with Crippen molar-refractivity contribution < 1.29 is 4.79 Å². The maximum absolute atomic E-state index is 11.5. The van der Waals surface area contributed by atoms with Crippen LogP contribution in [-0.4, -0.2) is 53.4 Å². The molecule has 2 aliphatic rings. The summed E-state index contributed by atoms with van der Waals surface area (Å²) in [6.45, 7) is 4.16. The van der Waals surface area contributed by atoms with Gasteiger partial charge in [0.2, 0.25) is 0 Å². The van der Waals surface area contributed by atoms with Gasteiger partial charge >= 0.3 is 0 Å². The molecule has 2 aromatic rings. The number of rotatable bonds is 6. The summed E-state index contributed by atoms with van der Waals surface area (Å²) in [5, 5.41) is 0. The van der Waals surface area contributed by atoms with E-state index in [1.807, 2.05) is 24.5 Å². The molecule has 0 bridgehead atoms. The minimum absolute atomic E-state index is 0.0206. The van der Waals surface area contributed by atoms with Crippen molar-refractivity contribution in [3.8, 4) is 0 Å². The first-order valence-corrected chi connectivity index (χ1v) is 10.1. The normalized spacial score (nSPS) is 23.5. The minimum atomic E-state index is -0.0206. The fraction of sp³-hybridized carbons (Fsp3) is 0.500. The molecular formula is C22H28N4O. The second-order valence-corrected chi connectivity index (χ2v) is 7.67. The number of carbonyl (C=O) groups is 1. The molecule has 2 aliphatic heterocycles. The molecule has 0 aromatic carbocycles. The zero-order valence-corrected chi connectivity index (χ0v) is 15.8. The summed E-state index contributed by atoms with van der Waals surface area (Å²) in [5.74, 6) is 1.55. The highest BCUT2D eigenvalue weighted by Gasteiger charge is 2.27. The summed E-state index contributed by atoms with van der Waals surface area (Å²) in [6, 6.07) is 10.4. The first kappa shape index (κ1) is 18.1. The third-order valence-electron chi connectivity index (χ3n) is 5.92. The number of hydrogen-bond donors (Lipinski definition) is 0. The van der Waals surface area contributed by atoms with Gasteiger partial charge in [0, 0.05) is 43.6 Å². The van der Waals surface area contributed by atoms with Crippen LogP contribution in [0.1, 0.15) is 42.9 Å². The van der Waals surface area contributed by atoms with Gasteiger partial charge in [-0.25, -0.2) is 4.98 Å². The van der Waals surface area contributed by atoms with Gasteiger partial charge < -0.3 is 14.6 Å². The van der Waals surface area contributed by atoms with Crippen LogP contribution in [0, 0.1) is 0 Å². The van der Waals surface area contributed by atoms with Crippen molar-refractivity contribution in [2.45, 2.75) is 44.1 Å². The number of pyridine rings is 2. The van der Waals surface area contributed by atoms with E-state index in [1.165, 1.54) is 17.7 Å². The lowest BCUT2D eigenvalue weighted by Crippen LogP contribution is -2.41. The number of likely N-dealkylation sites (tertiary alicyclic amines) is 1. The van der Waals surface area contributed by atoms with Crippen LogP contribution in [0.25, 0.3) is 0 Å². The van der Waals surface area contributed by atoms with Gasteiger partial charge in [0.15, 0.2) is 0 Å². The second kappa shape index (κ2) is 8.61. The van der Waals surface area contributed by atoms with Crippen molar-refractivity contribution in [2.75, 3.05) is 31.1 Å². The molecule has 0 amide bonds. The Morgan fingerprint density at radius 2 is 1.96 bits per heavy atom. The van der Waals surface area contributed by atoms with Gasteiger partial charge in [-0.05, 0) is 62.4 Å². The molecule has 2 saturated heterocycles. The average Bonchev–Trinajstić information content (AvgIpc) is 3.22. The van der Waals surface area contributed by atoms with E-state index >= 15 is 0 Å². The molecule has 0 aliphatic carbocycles. The van der Waals surface area contributed by atoms with E-state index < -0.39 is 0 Å². The maximum Gasteiger partial charge on any atom is 0.142 e. The van der Waals surface area contributed by atoms with Crippen LogP contribution in [-0.2, 0) is 11.2 Å². The summed E-state index contributed by atoms with van der Waals surface area (Å²) in [5.41, 5.74) is 2.47. The van der Waals surface area contributed by atoms with Crippen molar-refractivity contribution in [2.24, 2.45) is 0 Å². The number of nitrogens with zero attached hydrogens (tertiary/aromatic N) is 4. The fourth-order valence-electron chi connectivity index (χ4n) is 4.42. The van der Waals surface area contributed by atoms with Gasteiger partial charge in [0.1, 0.15) is 12.1 Å². The predicted molar refractivity (Wildman–Crippen MR) is 107 cm³/mol. The first-order chi connectivity index (χ1) is 13.3. The number of carbonyl (C=O) groups excluding carboxylic acids is 1. The largest absolute Gasteiger partial charge is 0.347 e. The number of hydrogen-bond acceptors (Lipinski definition) is 5. The Morgan fingerprint density at radius 1 is 1.04 bits per heavy atom. The van der Waals surface area contributed by atoms with Gasteiger partial charge in [-0.2, -0.15) is 0 Å². The Kier molecular flexibility index (Phi) is 5.78. The Labute approximate surface area is 161 Å². The van der Waals surface area contributed by atoms with E-state index in [0.29, 0.717) is 5.92 Å². The van der Waals surface area contributed by atoms with Gasteiger partial charge in [0.25, 0.3) is 0 Å². The zero-order valence-electron chi connectivity index (χ0n) is 15.8. The smallest absolute Gasteiger partial charge is 0.142 e. The molecule has 4 rings (SSSR count). The molecule has 0 N–H and O–H groups in total. The highest BCUT2D eigenvalue weighted by Crippen LogP contribution is 2.28. The molecule has 27 heavy (non-hydrogen) atoms. The predicted octanol–water partition coefficient (Wildman–Crippen LogP) is 3.07. The van der Waals surface area contributed by atoms with Gasteiger partial charge in [-0.3, -0.25) is 4.98 Å². The molecule has 5 nitrogen and oxygen atoms in total. The highest BCUT2D eigenvalue weighted by molar-refractivity contribution is 5.66. The first-order valence-electron chi connectivity index (χ1n) is 10.1. The fourth-order valence-corrected chi connectivity index (χ4v) is 4.42. The summed E-state index contributed by atoms with van der Waals surface area (Å²) in [4.78, 5) is 25.4. The number of piperidine rings is 1. The third-order valence-corrected chi connectivity index (χ3v) is 5.92. The van der Waals surface area contributed by atoms with E-state index in [0.717, 1.165) is 64.0 Å². The van der Waals surface area contributed by atoms with E-state index in [1.54, 1.807) is 0 Å². The standard InChI is InChI=1S/C22H28N4O/c27-17-20-7-2-4-13-26(20)22-18(6-5-12-24-22)9-14-25-15-10-19(16-25)21-8-1-3-11-23-21/h1,3,5-6,8,11-12,17,19-20H,2,4,7,9-10,13-16H2. The molecule has 0 radical (unpaired) electrons.